The third kappa shape index (κ3) is 8.80. The first-order valence-electron chi connectivity index (χ1n) is 23.5. The van der Waals surface area contributed by atoms with Gasteiger partial charge in [-0.05, 0) is 81.1 Å². The second-order valence-corrected chi connectivity index (χ2v) is 15.2. The summed E-state index contributed by atoms with van der Waals surface area (Å²) in [6.07, 6.45) is 2.95. The number of piperazine rings is 1. The smallest absolute Gasteiger partial charge is 0.265 e. The molecule has 0 aliphatic carbocycles. The highest BCUT2D eigenvalue weighted by Gasteiger charge is 2.47. The van der Waals surface area contributed by atoms with Crippen molar-refractivity contribution in [3.05, 3.63) is 89.0 Å². The second-order valence-electron chi connectivity index (χ2n) is 14.8. The molecule has 62 heavy (non-hydrogen) atoms. The zero-order valence-electron chi connectivity index (χ0n) is 40.7. The van der Waals surface area contributed by atoms with Crippen LogP contribution in [0.5, 0.6) is 5.75 Å². The Bertz CT molecular complexity index is 2830. The molecular formula is C43H43ClF3N9O6. The monoisotopic (exact) mass is 881 g/mol. The number of hydrogen-bond donors (Lipinski definition) is 3. The predicted octanol–water partition coefficient (Wildman–Crippen LogP) is 5.27. The maximum absolute atomic E-state index is 16.6. The molecule has 3 aromatic carbocycles. The molecule has 1 unspecified atom stereocenters. The molecule has 0 bridgehead atoms. The Hall–Kier alpha value is -6.11. The van der Waals surface area contributed by atoms with Gasteiger partial charge in [-0.1, -0.05) is 18.2 Å². The molecule has 5 amide bonds. The van der Waals surface area contributed by atoms with Gasteiger partial charge in [0.15, 0.2) is 5.82 Å². The summed E-state index contributed by atoms with van der Waals surface area (Å²) in [7, 11) is 0. The predicted molar refractivity (Wildman–Crippen MR) is 224 cm³/mol. The van der Waals surface area contributed by atoms with Gasteiger partial charge >= 0.3 is 0 Å². The van der Waals surface area contributed by atoms with Crippen LogP contribution in [0.2, 0.25) is 5.02 Å². The average Bonchev–Trinajstić information content (AvgIpc) is 3.54. The number of amides is 5. The minimum atomic E-state index is -3.74. The van der Waals surface area contributed by atoms with E-state index in [0.717, 1.165) is 6.08 Å². The molecule has 0 radical (unpaired) electrons. The minimum absolute atomic E-state index is 0.0986. The molecule has 3 N–H and O–H groups in total. The molecule has 4 aromatic rings. The lowest BCUT2D eigenvalue weighted by molar-refractivity contribution is -0.136. The number of hydrogen-bond acceptors (Lipinski definition) is 12. The van der Waals surface area contributed by atoms with Crippen molar-refractivity contribution >= 4 is 74.9 Å². The number of benzene rings is 3. The highest BCUT2D eigenvalue weighted by atomic mass is 35.5. The summed E-state index contributed by atoms with van der Waals surface area (Å²) in [4.78, 5) is 74.6. The van der Waals surface area contributed by atoms with Crippen LogP contribution in [0.25, 0.3) is 10.9 Å². The maximum Gasteiger partial charge on any atom is 0.265 e. The largest absolute Gasteiger partial charge is 0.491 e. The number of fused-ring (bicyclic) bond motifs is 2. The van der Waals surface area contributed by atoms with E-state index in [1.54, 1.807) is 12.1 Å². The number of rotatable bonds is 13. The third-order valence-corrected chi connectivity index (χ3v) is 11.1. The molecule has 8 rings (SSSR count). The van der Waals surface area contributed by atoms with Crippen molar-refractivity contribution in [3.63, 3.8) is 0 Å². The van der Waals surface area contributed by atoms with Crippen molar-refractivity contribution in [2.75, 3.05) is 74.3 Å². The van der Waals surface area contributed by atoms with Gasteiger partial charge in [0.1, 0.15) is 41.3 Å². The van der Waals surface area contributed by atoms with Crippen LogP contribution in [0.4, 0.5) is 36.1 Å². The Balaban J connectivity index is 0.925. The minimum Gasteiger partial charge on any atom is -0.491 e. The van der Waals surface area contributed by atoms with Gasteiger partial charge in [-0.25, -0.2) is 23.1 Å². The van der Waals surface area contributed by atoms with E-state index in [0.29, 0.717) is 82.9 Å². The first-order valence-corrected chi connectivity index (χ1v) is 19.9. The molecule has 1 atom stereocenters. The van der Waals surface area contributed by atoms with Crippen LogP contribution in [0.3, 0.4) is 0 Å². The Kier molecular flexibility index (Phi) is 9.77. The van der Waals surface area contributed by atoms with E-state index in [-0.39, 0.29) is 35.1 Å². The molecule has 4 aliphatic heterocycles. The molecule has 1 aromatic heterocycles. The topological polar surface area (TPSA) is 169 Å². The van der Waals surface area contributed by atoms with Gasteiger partial charge in [0.2, 0.25) is 17.7 Å². The molecule has 3 fully saturated rings. The van der Waals surface area contributed by atoms with Crippen molar-refractivity contribution in [2.24, 2.45) is 5.92 Å². The second kappa shape index (κ2) is 18.1. The van der Waals surface area contributed by atoms with E-state index in [2.05, 4.69) is 32.1 Å². The van der Waals surface area contributed by atoms with Gasteiger partial charge in [0.25, 0.3) is 11.8 Å². The van der Waals surface area contributed by atoms with Crippen LogP contribution >= 0.6 is 11.6 Å². The van der Waals surface area contributed by atoms with Crippen molar-refractivity contribution in [1.82, 2.24) is 30.0 Å². The number of aromatic nitrogens is 2. The number of nitrogens with one attached hydrogen (secondary N) is 3. The molecule has 19 heteroatoms. The first kappa shape index (κ1) is 33.5. The van der Waals surface area contributed by atoms with E-state index in [9.17, 15) is 28.4 Å². The zero-order chi connectivity index (χ0) is 50.8. The van der Waals surface area contributed by atoms with Gasteiger partial charge in [0.05, 0.1) is 39.4 Å². The first-order chi connectivity index (χ1) is 32.9. The van der Waals surface area contributed by atoms with E-state index in [4.69, 9.17) is 27.3 Å². The number of likely N-dealkylation sites (tertiary alicyclic amines) is 1. The summed E-state index contributed by atoms with van der Waals surface area (Å²) in [5.74, 6) is -9.30. The quantitative estimate of drug-likeness (QED) is 0.0905. The van der Waals surface area contributed by atoms with E-state index in [1.165, 1.54) is 24.5 Å². The van der Waals surface area contributed by atoms with Gasteiger partial charge < -0.3 is 25.2 Å². The van der Waals surface area contributed by atoms with Crippen LogP contribution in [0, 0.1) is 23.4 Å². The Labute approximate surface area is 370 Å². The number of anilines is 4. The molecule has 0 spiro atoms. The number of halogens is 4. The molecule has 324 valence electrons. The highest BCUT2D eigenvalue weighted by molar-refractivity contribution is 6.31. The molecule has 0 saturated carbocycles. The summed E-state index contributed by atoms with van der Waals surface area (Å²) in [6, 6.07) is 6.03. The Morgan fingerprint density at radius 1 is 0.984 bits per heavy atom. The van der Waals surface area contributed by atoms with Crippen LogP contribution < -0.4 is 25.6 Å². The van der Waals surface area contributed by atoms with Gasteiger partial charge in [0, 0.05) is 68.1 Å². The van der Waals surface area contributed by atoms with Crippen molar-refractivity contribution < 1.29 is 52.8 Å². The van der Waals surface area contributed by atoms with Crippen LogP contribution in [0.15, 0.2) is 55.4 Å². The van der Waals surface area contributed by atoms with Crippen LogP contribution in [-0.2, 0) is 14.4 Å². The Morgan fingerprint density at radius 3 is 2.48 bits per heavy atom. The zero-order valence-corrected chi connectivity index (χ0v) is 33.5. The van der Waals surface area contributed by atoms with Crippen LogP contribution in [-0.4, -0.2) is 119 Å². The third-order valence-electron chi connectivity index (χ3n) is 10.8. The average molecular weight is 882 g/mol. The number of carbonyl (C=O) groups is 5. The van der Waals surface area contributed by atoms with Gasteiger partial charge in [-0.15, -0.1) is 0 Å². The maximum atomic E-state index is 16.6. The molecular weight excluding hydrogens is 831 g/mol. The van der Waals surface area contributed by atoms with E-state index < -0.39 is 108 Å². The van der Waals surface area contributed by atoms with Crippen molar-refractivity contribution in [2.45, 2.75) is 38.1 Å². The lowest BCUT2D eigenvalue weighted by atomic mass is 9.95. The number of nitrogens with zero attached hydrogens (tertiary/aromatic N) is 6. The standard InChI is InChI=1S/C43H43ClF3N9O6/c1-2-35(57)51-32-20-26-31(48-23-49-40(26)50-25-4-5-29(45)28(44)18-25)21-34(32)62-17-3-10-53-11-8-24(9-12-53)22-54-13-15-55(16-14-54)39-30(46)19-27-37(38(39)47)43(61)56(42(27)60)33-6-7-36(58)52-41(33)59/h2,4-5,18-21,23-24,33H,1,3,6-17,22H2,(H,51,57)(H,48,49,50)(H,52,58,59)/i13D2,14D2,15D2,16D2. The summed E-state index contributed by atoms with van der Waals surface area (Å²) in [5, 5.41) is 8.14. The number of ether oxygens (including phenoxy) is 1. The molecule has 4 aliphatic rings. The van der Waals surface area contributed by atoms with Gasteiger partial charge in [-0.2, -0.15) is 0 Å². The highest BCUT2D eigenvalue weighted by Crippen LogP contribution is 2.37. The van der Waals surface area contributed by atoms with E-state index >= 15 is 8.78 Å². The number of carbonyl (C=O) groups excluding carboxylic acids is 5. The summed E-state index contributed by atoms with van der Waals surface area (Å²) >= 11 is 5.95. The normalized spacial score (nSPS) is 24.0. The SMILES string of the molecule is [2H]C1([2H])N(CC2CCN(CCCOc3cc4ncnc(Nc5ccc(F)c(Cl)c5)c4cc3NC(=O)C=C)CC2)C([2H])([2H])C([2H])([2H])N(c2c(F)cc3c(c2F)C(=O)N(C2CCC(=O)NC2=O)C3=O)C1([2H])[2H]. The van der Waals surface area contributed by atoms with Crippen molar-refractivity contribution in [3.8, 4) is 5.75 Å². The fraction of sp³-hybridized carbons (Fsp3) is 0.372. The summed E-state index contributed by atoms with van der Waals surface area (Å²) in [6.45, 7) is -9.92. The van der Waals surface area contributed by atoms with E-state index in [1.807, 2.05) is 5.32 Å². The van der Waals surface area contributed by atoms with Crippen molar-refractivity contribution in [1.29, 1.82) is 0 Å². The number of piperidine rings is 2. The molecule has 3 saturated heterocycles. The molecule has 5 heterocycles. The lowest BCUT2D eigenvalue weighted by Gasteiger charge is -2.39. The fourth-order valence-electron chi connectivity index (χ4n) is 7.64. The molecule has 15 nitrogen and oxygen atoms in total. The fourth-order valence-corrected chi connectivity index (χ4v) is 7.82. The van der Waals surface area contributed by atoms with Crippen LogP contribution in [0.1, 0.15) is 63.8 Å². The number of imide groups is 2. The summed E-state index contributed by atoms with van der Waals surface area (Å²) in [5.41, 5.74) is -2.51. The Morgan fingerprint density at radius 2 is 1.76 bits per heavy atom. The van der Waals surface area contributed by atoms with Gasteiger partial charge in [-0.3, -0.25) is 39.1 Å². The summed E-state index contributed by atoms with van der Waals surface area (Å²) < 4.78 is 124. The lowest BCUT2D eigenvalue weighted by Crippen LogP contribution is -2.54.